The Morgan fingerprint density at radius 2 is 1.73 bits per heavy atom. The van der Waals surface area contributed by atoms with E-state index in [0.717, 1.165) is 23.4 Å². The molecule has 1 amide bonds. The Kier molecular flexibility index (Phi) is 6.57. The van der Waals surface area contributed by atoms with Crippen molar-refractivity contribution in [2.24, 2.45) is 5.92 Å². The molecule has 1 atom stereocenters. The second-order valence-electron chi connectivity index (χ2n) is 8.19. The van der Waals surface area contributed by atoms with Gasteiger partial charge >= 0.3 is 0 Å². The van der Waals surface area contributed by atoms with Gasteiger partial charge in [-0.1, -0.05) is 12.1 Å². The molecule has 1 fully saturated rings. The van der Waals surface area contributed by atoms with Crippen molar-refractivity contribution in [1.29, 1.82) is 0 Å². The second-order valence-corrected chi connectivity index (χ2v) is 10.1. The molecule has 0 N–H and O–H groups in total. The predicted octanol–water partition coefficient (Wildman–Crippen LogP) is 3.03. The van der Waals surface area contributed by atoms with E-state index in [1.165, 1.54) is 22.8 Å². The fourth-order valence-electron chi connectivity index (χ4n) is 4.05. The van der Waals surface area contributed by atoms with E-state index in [4.69, 9.17) is 0 Å². The number of carbonyl (C=O) groups excluding carboxylic acids is 1. The van der Waals surface area contributed by atoms with Crippen LogP contribution in [0.5, 0.6) is 0 Å². The average Bonchev–Trinajstić information content (AvgIpc) is 3.38. The molecule has 2 aromatic carbocycles. The van der Waals surface area contributed by atoms with E-state index < -0.39 is 15.8 Å². The molecular weight excluding hydrogens is 445 g/mol. The van der Waals surface area contributed by atoms with Crippen LogP contribution in [0, 0.1) is 11.7 Å². The van der Waals surface area contributed by atoms with Crippen LogP contribution < -0.4 is 0 Å². The molecule has 0 saturated carbocycles. The van der Waals surface area contributed by atoms with E-state index >= 15 is 0 Å². The Hall–Kier alpha value is -3.11. The number of nitrogens with zero attached hydrogens (tertiary/aromatic N) is 5. The number of aromatic nitrogens is 3. The third-order valence-corrected chi connectivity index (χ3v) is 8.15. The van der Waals surface area contributed by atoms with Crippen LogP contribution in [0.2, 0.25) is 0 Å². The molecule has 4 rings (SSSR count). The number of hydrogen-bond donors (Lipinski definition) is 0. The number of halogens is 1. The lowest BCUT2D eigenvalue weighted by atomic mass is 9.95. The van der Waals surface area contributed by atoms with Crippen molar-refractivity contribution < 1.29 is 17.6 Å². The molecule has 1 aromatic heterocycles. The summed E-state index contributed by atoms with van der Waals surface area (Å²) >= 11 is 0. The summed E-state index contributed by atoms with van der Waals surface area (Å²) in [7, 11) is -1.92. The Morgan fingerprint density at radius 3 is 2.30 bits per heavy atom. The summed E-state index contributed by atoms with van der Waals surface area (Å²) in [6.07, 6.45) is 3.99. The number of benzene rings is 2. The maximum atomic E-state index is 13.1. The van der Waals surface area contributed by atoms with Crippen LogP contribution in [0.15, 0.2) is 66.1 Å². The van der Waals surface area contributed by atoms with Crippen molar-refractivity contribution >= 4 is 15.9 Å². The van der Waals surface area contributed by atoms with Crippen molar-refractivity contribution in [1.82, 2.24) is 24.0 Å². The third kappa shape index (κ3) is 4.81. The summed E-state index contributed by atoms with van der Waals surface area (Å²) in [4.78, 5) is 18.9. The number of piperidine rings is 1. The monoisotopic (exact) mass is 471 g/mol. The molecule has 1 saturated heterocycles. The molecule has 1 unspecified atom stereocenters. The highest BCUT2D eigenvalue weighted by Gasteiger charge is 2.34. The van der Waals surface area contributed by atoms with Gasteiger partial charge in [-0.2, -0.15) is 9.40 Å². The van der Waals surface area contributed by atoms with Crippen LogP contribution in [-0.4, -0.2) is 58.4 Å². The summed E-state index contributed by atoms with van der Waals surface area (Å²) in [5.74, 6) is -0.725. The summed E-state index contributed by atoms with van der Waals surface area (Å²) in [6.45, 7) is 2.48. The van der Waals surface area contributed by atoms with E-state index in [2.05, 4.69) is 10.1 Å². The molecule has 0 bridgehead atoms. The highest BCUT2D eigenvalue weighted by Crippen LogP contribution is 2.28. The molecular formula is C23H26FN5O3S. The topological polar surface area (TPSA) is 88.4 Å². The Balaban J connectivity index is 1.37. The van der Waals surface area contributed by atoms with Gasteiger partial charge in [0.25, 0.3) is 0 Å². The number of sulfonamides is 1. The molecule has 33 heavy (non-hydrogen) atoms. The quantitative estimate of drug-likeness (QED) is 0.551. The van der Waals surface area contributed by atoms with Gasteiger partial charge in [-0.25, -0.2) is 22.5 Å². The van der Waals surface area contributed by atoms with Crippen LogP contribution in [-0.2, 0) is 14.8 Å². The maximum Gasteiger partial charge on any atom is 0.243 e. The minimum atomic E-state index is -3.70. The van der Waals surface area contributed by atoms with Crippen LogP contribution in [0.3, 0.4) is 0 Å². The zero-order chi connectivity index (χ0) is 23.6. The zero-order valence-electron chi connectivity index (χ0n) is 18.5. The molecule has 1 aliphatic rings. The number of carbonyl (C=O) groups is 1. The largest absolute Gasteiger partial charge is 0.339 e. The molecule has 174 valence electrons. The summed E-state index contributed by atoms with van der Waals surface area (Å²) in [5, 5.41) is 4.11. The minimum Gasteiger partial charge on any atom is -0.339 e. The molecule has 2 heterocycles. The molecule has 0 aliphatic carbocycles. The zero-order valence-corrected chi connectivity index (χ0v) is 19.3. The highest BCUT2D eigenvalue weighted by atomic mass is 32.2. The first-order valence-corrected chi connectivity index (χ1v) is 12.2. The van der Waals surface area contributed by atoms with Crippen LogP contribution in [0.1, 0.15) is 31.4 Å². The van der Waals surface area contributed by atoms with Gasteiger partial charge in [-0.3, -0.25) is 4.79 Å². The van der Waals surface area contributed by atoms with Gasteiger partial charge in [0.05, 0.1) is 16.6 Å². The first-order valence-electron chi connectivity index (χ1n) is 10.7. The SMILES string of the molecule is CC(c1ccc(-n2cncn2)cc1)N(C)C(=O)C1CCN(S(=O)(=O)c2ccc(F)cc2)CC1. The normalized spacial score (nSPS) is 16.5. The van der Waals surface area contributed by atoms with Gasteiger partial charge in [-0.15, -0.1) is 0 Å². The minimum absolute atomic E-state index is 0.00156. The summed E-state index contributed by atoms with van der Waals surface area (Å²) in [5.41, 5.74) is 1.87. The van der Waals surface area contributed by atoms with Crippen molar-refractivity contribution in [3.8, 4) is 5.69 Å². The number of amides is 1. The molecule has 1 aliphatic heterocycles. The molecule has 10 heteroatoms. The smallest absolute Gasteiger partial charge is 0.243 e. The van der Waals surface area contributed by atoms with Gasteiger partial charge in [0.15, 0.2) is 0 Å². The van der Waals surface area contributed by atoms with Crippen LogP contribution in [0.4, 0.5) is 4.39 Å². The van der Waals surface area contributed by atoms with Crippen molar-refractivity contribution in [2.75, 3.05) is 20.1 Å². The fraction of sp³-hybridized carbons (Fsp3) is 0.348. The van der Waals surface area contributed by atoms with Gasteiger partial charge in [0, 0.05) is 26.1 Å². The molecule has 8 nitrogen and oxygen atoms in total. The predicted molar refractivity (Wildman–Crippen MR) is 120 cm³/mol. The Morgan fingerprint density at radius 1 is 1.09 bits per heavy atom. The van der Waals surface area contributed by atoms with E-state index in [9.17, 15) is 17.6 Å². The summed E-state index contributed by atoms with van der Waals surface area (Å²) < 4.78 is 41.8. The van der Waals surface area contributed by atoms with E-state index in [0.29, 0.717) is 12.8 Å². The van der Waals surface area contributed by atoms with Gasteiger partial charge in [0.2, 0.25) is 15.9 Å². The second kappa shape index (κ2) is 9.40. The van der Waals surface area contributed by atoms with Crippen molar-refractivity contribution in [3.63, 3.8) is 0 Å². The van der Waals surface area contributed by atoms with Gasteiger partial charge in [0.1, 0.15) is 18.5 Å². The van der Waals surface area contributed by atoms with Gasteiger partial charge < -0.3 is 4.90 Å². The lowest BCUT2D eigenvalue weighted by Crippen LogP contribution is -2.43. The first kappa shape index (κ1) is 23.1. The fourth-order valence-corrected chi connectivity index (χ4v) is 5.52. The highest BCUT2D eigenvalue weighted by molar-refractivity contribution is 7.89. The van der Waals surface area contributed by atoms with E-state index in [1.807, 2.05) is 31.2 Å². The van der Waals surface area contributed by atoms with Crippen molar-refractivity contribution in [2.45, 2.75) is 30.7 Å². The lowest BCUT2D eigenvalue weighted by molar-refractivity contribution is -0.137. The van der Waals surface area contributed by atoms with Gasteiger partial charge in [-0.05, 0) is 61.7 Å². The van der Waals surface area contributed by atoms with Crippen LogP contribution >= 0.6 is 0 Å². The van der Waals surface area contributed by atoms with E-state index in [1.54, 1.807) is 23.0 Å². The lowest BCUT2D eigenvalue weighted by Gasteiger charge is -2.34. The number of hydrogen-bond acceptors (Lipinski definition) is 5. The summed E-state index contributed by atoms with van der Waals surface area (Å²) in [6, 6.07) is 12.5. The molecule has 0 radical (unpaired) electrons. The third-order valence-electron chi connectivity index (χ3n) is 6.24. The Bertz CT molecular complexity index is 1190. The van der Waals surface area contributed by atoms with Crippen molar-refractivity contribution in [3.05, 3.63) is 72.6 Å². The number of rotatable bonds is 6. The van der Waals surface area contributed by atoms with Crippen LogP contribution in [0.25, 0.3) is 5.69 Å². The maximum absolute atomic E-state index is 13.1. The molecule has 0 spiro atoms. The first-order chi connectivity index (χ1) is 15.8. The molecule has 3 aromatic rings. The average molecular weight is 472 g/mol. The Labute approximate surface area is 192 Å². The van der Waals surface area contributed by atoms with E-state index in [-0.39, 0.29) is 35.9 Å². The standard InChI is InChI=1S/C23H26FN5O3S/c1-17(18-3-7-21(8-4-18)29-16-25-15-26-29)27(2)23(30)19-11-13-28(14-12-19)33(31,32)22-9-5-20(24)6-10-22/h3-10,15-17,19H,11-14H2,1-2H3.